The van der Waals surface area contributed by atoms with E-state index in [1.165, 1.54) is 18.2 Å². The molecule has 1 aliphatic rings. The van der Waals surface area contributed by atoms with Crippen LogP contribution < -0.4 is 9.62 Å². The number of non-ortho nitro benzene ring substituents is 1. The number of nitrogens with one attached hydrogen (secondary N) is 1. The van der Waals surface area contributed by atoms with E-state index in [1.807, 2.05) is 30.3 Å². The normalized spacial score (nSPS) is 17.6. The van der Waals surface area contributed by atoms with E-state index in [0.29, 0.717) is 6.54 Å². The molecule has 7 nitrogen and oxygen atoms in total. The summed E-state index contributed by atoms with van der Waals surface area (Å²) in [7, 11) is -3.76. The molecule has 0 spiro atoms. The van der Waals surface area contributed by atoms with Crippen LogP contribution in [0.1, 0.15) is 6.42 Å². The molecular formula is C17H19N3O4S. The van der Waals surface area contributed by atoms with Crippen molar-refractivity contribution in [2.75, 3.05) is 24.5 Å². The van der Waals surface area contributed by atoms with Crippen LogP contribution in [-0.2, 0) is 10.0 Å². The van der Waals surface area contributed by atoms with Gasteiger partial charge in [-0.3, -0.25) is 10.1 Å². The van der Waals surface area contributed by atoms with Crippen LogP contribution in [0.4, 0.5) is 11.4 Å². The van der Waals surface area contributed by atoms with Crippen molar-refractivity contribution in [1.82, 2.24) is 4.72 Å². The van der Waals surface area contributed by atoms with Crippen molar-refractivity contribution in [3.63, 3.8) is 0 Å². The van der Waals surface area contributed by atoms with E-state index in [-0.39, 0.29) is 16.5 Å². The highest BCUT2D eigenvalue weighted by Gasteiger charge is 2.25. The molecule has 1 aliphatic heterocycles. The zero-order valence-corrected chi connectivity index (χ0v) is 14.4. The van der Waals surface area contributed by atoms with Gasteiger partial charge in [-0.05, 0) is 30.5 Å². The molecule has 1 heterocycles. The number of rotatable bonds is 6. The van der Waals surface area contributed by atoms with Crippen molar-refractivity contribution in [1.29, 1.82) is 0 Å². The highest BCUT2D eigenvalue weighted by Crippen LogP contribution is 2.23. The third kappa shape index (κ3) is 4.15. The van der Waals surface area contributed by atoms with Crippen molar-refractivity contribution in [3.8, 4) is 0 Å². The molecule has 0 aromatic heterocycles. The number of sulfonamides is 1. The quantitative estimate of drug-likeness (QED) is 0.630. The minimum Gasteiger partial charge on any atom is -0.371 e. The summed E-state index contributed by atoms with van der Waals surface area (Å²) < 4.78 is 27.3. The van der Waals surface area contributed by atoms with Gasteiger partial charge in [0.15, 0.2) is 0 Å². The first-order chi connectivity index (χ1) is 12.0. The van der Waals surface area contributed by atoms with Crippen LogP contribution in [0.3, 0.4) is 0 Å². The van der Waals surface area contributed by atoms with E-state index in [2.05, 4.69) is 9.62 Å². The fraction of sp³-hybridized carbons (Fsp3) is 0.294. The molecule has 132 valence electrons. The molecule has 1 atom stereocenters. The zero-order chi connectivity index (χ0) is 17.9. The van der Waals surface area contributed by atoms with Gasteiger partial charge in [0, 0.05) is 37.5 Å². The lowest BCUT2D eigenvalue weighted by atomic mass is 10.1. The lowest BCUT2D eigenvalue weighted by molar-refractivity contribution is -0.385. The maximum absolute atomic E-state index is 12.4. The van der Waals surface area contributed by atoms with Gasteiger partial charge >= 0.3 is 0 Å². The number of benzene rings is 2. The smallest absolute Gasteiger partial charge is 0.270 e. The third-order valence-corrected chi connectivity index (χ3v) is 5.73. The van der Waals surface area contributed by atoms with Crippen molar-refractivity contribution >= 4 is 21.4 Å². The SMILES string of the molecule is O=[N+]([O-])c1cccc(S(=O)(=O)NCC2CCN(c3ccccc3)C2)c1. The maximum atomic E-state index is 12.4. The van der Waals surface area contributed by atoms with E-state index >= 15 is 0 Å². The first kappa shape index (κ1) is 17.4. The monoisotopic (exact) mass is 361 g/mol. The Bertz CT molecular complexity index is 855. The summed E-state index contributed by atoms with van der Waals surface area (Å²) in [5, 5.41) is 10.8. The van der Waals surface area contributed by atoms with E-state index in [1.54, 1.807) is 0 Å². The Kier molecular flexibility index (Phi) is 5.00. The number of anilines is 1. The zero-order valence-electron chi connectivity index (χ0n) is 13.5. The molecule has 0 aliphatic carbocycles. The molecule has 25 heavy (non-hydrogen) atoms. The Morgan fingerprint density at radius 2 is 1.92 bits per heavy atom. The van der Waals surface area contributed by atoms with E-state index in [4.69, 9.17) is 0 Å². The summed E-state index contributed by atoms with van der Waals surface area (Å²) in [6.45, 7) is 1.98. The van der Waals surface area contributed by atoms with Crippen LogP contribution in [0, 0.1) is 16.0 Å². The Labute approximate surface area is 146 Å². The summed E-state index contributed by atoms with van der Waals surface area (Å²) in [6.07, 6.45) is 0.895. The number of nitro groups is 1. The van der Waals surface area contributed by atoms with Crippen molar-refractivity contribution < 1.29 is 13.3 Å². The summed E-state index contributed by atoms with van der Waals surface area (Å²) in [5.41, 5.74) is 0.894. The maximum Gasteiger partial charge on any atom is 0.270 e. The fourth-order valence-corrected chi connectivity index (χ4v) is 4.10. The largest absolute Gasteiger partial charge is 0.371 e. The second kappa shape index (κ2) is 7.20. The molecule has 0 saturated carbocycles. The highest BCUT2D eigenvalue weighted by atomic mass is 32.2. The molecule has 3 rings (SSSR count). The second-order valence-corrected chi connectivity index (χ2v) is 7.81. The minimum absolute atomic E-state index is 0.0837. The van der Waals surface area contributed by atoms with Gasteiger partial charge in [-0.1, -0.05) is 24.3 Å². The van der Waals surface area contributed by atoms with Gasteiger partial charge in [0.05, 0.1) is 9.82 Å². The van der Waals surface area contributed by atoms with Crippen molar-refractivity contribution in [2.24, 2.45) is 5.92 Å². The van der Waals surface area contributed by atoms with Gasteiger partial charge in [0.1, 0.15) is 0 Å². The molecule has 1 unspecified atom stereocenters. The number of hydrogen-bond donors (Lipinski definition) is 1. The summed E-state index contributed by atoms with van der Waals surface area (Å²) in [6, 6.07) is 15.1. The fourth-order valence-electron chi connectivity index (χ4n) is 2.95. The van der Waals surface area contributed by atoms with Gasteiger partial charge in [0.2, 0.25) is 10.0 Å². The molecule has 0 amide bonds. The second-order valence-electron chi connectivity index (χ2n) is 6.04. The number of nitrogens with zero attached hydrogens (tertiary/aromatic N) is 2. The average Bonchev–Trinajstić information content (AvgIpc) is 3.10. The highest BCUT2D eigenvalue weighted by molar-refractivity contribution is 7.89. The van der Waals surface area contributed by atoms with Crippen LogP contribution >= 0.6 is 0 Å². The third-order valence-electron chi connectivity index (χ3n) is 4.31. The van der Waals surface area contributed by atoms with E-state index in [9.17, 15) is 18.5 Å². The predicted octanol–water partition coefficient (Wildman–Crippen LogP) is 2.40. The summed E-state index contributed by atoms with van der Waals surface area (Å²) in [5.74, 6) is 0.202. The summed E-state index contributed by atoms with van der Waals surface area (Å²) in [4.78, 5) is 12.3. The molecule has 2 aromatic carbocycles. The Morgan fingerprint density at radius 1 is 1.16 bits per heavy atom. The van der Waals surface area contributed by atoms with Gasteiger partial charge in [-0.15, -0.1) is 0 Å². The van der Waals surface area contributed by atoms with E-state index < -0.39 is 14.9 Å². The van der Waals surface area contributed by atoms with Gasteiger partial charge in [-0.25, -0.2) is 13.1 Å². The first-order valence-electron chi connectivity index (χ1n) is 8.00. The Hall–Kier alpha value is -2.45. The Morgan fingerprint density at radius 3 is 2.64 bits per heavy atom. The molecule has 1 fully saturated rings. The van der Waals surface area contributed by atoms with Crippen LogP contribution in [0.2, 0.25) is 0 Å². The van der Waals surface area contributed by atoms with Crippen LogP contribution in [0.15, 0.2) is 59.5 Å². The first-order valence-corrected chi connectivity index (χ1v) is 9.48. The standard InChI is InChI=1S/C17H19N3O4S/c21-20(22)16-7-4-8-17(11-16)25(23,24)18-12-14-9-10-19(13-14)15-5-2-1-3-6-15/h1-8,11,14,18H,9-10,12-13H2. The topological polar surface area (TPSA) is 92.5 Å². The number of hydrogen-bond acceptors (Lipinski definition) is 5. The van der Waals surface area contributed by atoms with Crippen molar-refractivity contribution in [2.45, 2.75) is 11.3 Å². The predicted molar refractivity (Wildman–Crippen MR) is 95.0 cm³/mol. The molecule has 1 N–H and O–H groups in total. The summed E-state index contributed by atoms with van der Waals surface area (Å²) >= 11 is 0. The lowest BCUT2D eigenvalue weighted by Crippen LogP contribution is -2.31. The minimum atomic E-state index is -3.76. The molecule has 8 heteroatoms. The molecule has 2 aromatic rings. The van der Waals surface area contributed by atoms with Crippen molar-refractivity contribution in [3.05, 3.63) is 64.7 Å². The Balaban J connectivity index is 1.61. The van der Waals surface area contributed by atoms with Gasteiger partial charge in [0.25, 0.3) is 5.69 Å². The number of nitro benzene ring substituents is 1. The molecule has 0 radical (unpaired) electrons. The molecular weight excluding hydrogens is 342 g/mol. The van der Waals surface area contributed by atoms with Crippen LogP contribution in [0.5, 0.6) is 0 Å². The lowest BCUT2D eigenvalue weighted by Gasteiger charge is -2.18. The van der Waals surface area contributed by atoms with Gasteiger partial charge in [-0.2, -0.15) is 0 Å². The van der Waals surface area contributed by atoms with Gasteiger partial charge < -0.3 is 4.90 Å². The van der Waals surface area contributed by atoms with Crippen LogP contribution in [0.25, 0.3) is 0 Å². The number of para-hydroxylation sites is 1. The molecule has 1 saturated heterocycles. The average molecular weight is 361 g/mol. The van der Waals surface area contributed by atoms with E-state index in [0.717, 1.165) is 31.3 Å². The molecule has 0 bridgehead atoms. The van der Waals surface area contributed by atoms with Crippen LogP contribution in [-0.4, -0.2) is 33.0 Å².